The highest BCUT2D eigenvalue weighted by molar-refractivity contribution is 7.91. The summed E-state index contributed by atoms with van der Waals surface area (Å²) in [6.07, 6.45) is 3.72. The number of benzene rings is 2. The predicted molar refractivity (Wildman–Crippen MR) is 125 cm³/mol. The Labute approximate surface area is 187 Å². The summed E-state index contributed by atoms with van der Waals surface area (Å²) in [5.74, 6) is -0.109. The molecule has 0 bridgehead atoms. The Balaban J connectivity index is 1.38. The van der Waals surface area contributed by atoms with Crippen LogP contribution in [0.25, 0.3) is 10.4 Å². The first-order chi connectivity index (χ1) is 15.0. The average molecular weight is 455 g/mol. The monoisotopic (exact) mass is 454 g/mol. The zero-order chi connectivity index (χ0) is 21.7. The Bertz CT molecular complexity index is 1120. The van der Waals surface area contributed by atoms with Crippen molar-refractivity contribution in [3.05, 3.63) is 77.9 Å². The Morgan fingerprint density at radius 3 is 2.32 bits per heavy atom. The van der Waals surface area contributed by atoms with Crippen molar-refractivity contribution in [1.82, 2.24) is 9.62 Å². The van der Waals surface area contributed by atoms with E-state index in [1.165, 1.54) is 16.9 Å². The molecule has 1 fully saturated rings. The Hall–Kier alpha value is -2.48. The number of piperidine rings is 1. The summed E-state index contributed by atoms with van der Waals surface area (Å²) >= 11 is 1.28. The maximum absolute atomic E-state index is 12.9. The first kappa shape index (κ1) is 21.7. The number of hydrogen-bond acceptors (Lipinski definition) is 4. The van der Waals surface area contributed by atoms with Crippen LogP contribution in [0.1, 0.15) is 35.2 Å². The first-order valence-corrected chi connectivity index (χ1v) is 12.8. The van der Waals surface area contributed by atoms with Crippen LogP contribution in [0.5, 0.6) is 0 Å². The zero-order valence-corrected chi connectivity index (χ0v) is 18.9. The highest BCUT2D eigenvalue weighted by Gasteiger charge is 2.27. The molecule has 0 unspecified atom stereocenters. The van der Waals surface area contributed by atoms with Crippen LogP contribution in [0.4, 0.5) is 0 Å². The normalized spacial score (nSPS) is 15.0. The molecule has 1 N–H and O–H groups in total. The molecule has 0 saturated carbocycles. The lowest BCUT2D eigenvalue weighted by molar-refractivity contribution is 0.0954. The van der Waals surface area contributed by atoms with Crippen LogP contribution in [0.3, 0.4) is 0 Å². The molecule has 31 heavy (non-hydrogen) atoms. The van der Waals surface area contributed by atoms with E-state index in [1.54, 1.807) is 22.5 Å². The van der Waals surface area contributed by atoms with Crippen LogP contribution in [0.2, 0.25) is 0 Å². The van der Waals surface area contributed by atoms with Gasteiger partial charge in [-0.05, 0) is 54.7 Å². The van der Waals surface area contributed by atoms with Crippen molar-refractivity contribution in [2.75, 3.05) is 19.6 Å². The van der Waals surface area contributed by atoms with Gasteiger partial charge in [0.15, 0.2) is 0 Å². The van der Waals surface area contributed by atoms with Gasteiger partial charge in [-0.3, -0.25) is 4.79 Å². The second-order valence-electron chi connectivity index (χ2n) is 7.65. The number of nitrogens with one attached hydrogen (secondary N) is 1. The van der Waals surface area contributed by atoms with Crippen molar-refractivity contribution in [3.8, 4) is 10.4 Å². The number of hydrogen-bond donors (Lipinski definition) is 1. The lowest BCUT2D eigenvalue weighted by atomic mass is 10.1. The van der Waals surface area contributed by atoms with Gasteiger partial charge in [-0.25, -0.2) is 8.42 Å². The predicted octanol–water partition coefficient (Wildman–Crippen LogP) is 4.56. The Kier molecular flexibility index (Phi) is 6.85. The highest BCUT2D eigenvalue weighted by Crippen LogP contribution is 2.33. The van der Waals surface area contributed by atoms with Gasteiger partial charge < -0.3 is 5.32 Å². The fourth-order valence-electron chi connectivity index (χ4n) is 3.70. The van der Waals surface area contributed by atoms with Crippen molar-refractivity contribution in [2.24, 2.45) is 0 Å². The maximum Gasteiger partial charge on any atom is 0.252 e. The van der Waals surface area contributed by atoms with Crippen molar-refractivity contribution in [2.45, 2.75) is 29.9 Å². The smallest absolute Gasteiger partial charge is 0.252 e. The van der Waals surface area contributed by atoms with E-state index in [-0.39, 0.29) is 5.91 Å². The molecule has 0 atom stereocenters. The molecule has 5 nitrogen and oxygen atoms in total. The highest BCUT2D eigenvalue weighted by atomic mass is 32.2. The Morgan fingerprint density at radius 2 is 1.61 bits per heavy atom. The van der Waals surface area contributed by atoms with Gasteiger partial charge in [0.2, 0.25) is 0 Å². The molecule has 1 aliphatic rings. The van der Waals surface area contributed by atoms with Crippen molar-refractivity contribution >= 4 is 27.3 Å². The minimum absolute atomic E-state index is 0.109. The second kappa shape index (κ2) is 9.77. The minimum atomic E-state index is -3.42. The molecule has 1 aliphatic heterocycles. The van der Waals surface area contributed by atoms with E-state index in [0.29, 0.717) is 29.4 Å². The van der Waals surface area contributed by atoms with Crippen LogP contribution in [0, 0.1) is 0 Å². The summed E-state index contributed by atoms with van der Waals surface area (Å²) in [4.78, 5) is 13.3. The molecule has 2 heterocycles. The summed E-state index contributed by atoms with van der Waals surface area (Å²) in [6.45, 7) is 1.78. The van der Waals surface area contributed by atoms with E-state index in [9.17, 15) is 13.2 Å². The molecule has 1 saturated heterocycles. The molecule has 3 aromatic rings. The van der Waals surface area contributed by atoms with Gasteiger partial charge in [0.25, 0.3) is 15.9 Å². The van der Waals surface area contributed by atoms with Gasteiger partial charge in [0, 0.05) is 30.1 Å². The molecule has 4 rings (SSSR count). The molecule has 1 amide bonds. The van der Waals surface area contributed by atoms with Crippen molar-refractivity contribution in [1.29, 1.82) is 0 Å². The SMILES string of the molecule is O=C(NCCc1ccccc1)c1ccc(-c2ccc(S(=O)(=O)N3CCCCC3)s2)cc1. The number of nitrogens with zero attached hydrogens (tertiary/aromatic N) is 1. The second-order valence-corrected chi connectivity index (χ2v) is 10.9. The summed E-state index contributed by atoms with van der Waals surface area (Å²) in [6, 6.07) is 20.9. The van der Waals surface area contributed by atoms with Gasteiger partial charge in [-0.1, -0.05) is 48.9 Å². The van der Waals surface area contributed by atoms with E-state index >= 15 is 0 Å². The molecule has 7 heteroatoms. The van der Waals surface area contributed by atoms with E-state index in [4.69, 9.17) is 0 Å². The molecule has 2 aromatic carbocycles. The third-order valence-electron chi connectivity index (χ3n) is 5.46. The van der Waals surface area contributed by atoms with Crippen molar-refractivity contribution < 1.29 is 13.2 Å². The molecule has 0 aliphatic carbocycles. The van der Waals surface area contributed by atoms with Crippen LogP contribution in [-0.4, -0.2) is 38.3 Å². The number of thiophene rings is 1. The fraction of sp³-hybridized carbons (Fsp3) is 0.292. The number of rotatable bonds is 7. The van der Waals surface area contributed by atoms with Crippen molar-refractivity contribution in [3.63, 3.8) is 0 Å². The third kappa shape index (κ3) is 5.23. The fourth-order valence-corrected chi connectivity index (χ4v) is 6.68. The Morgan fingerprint density at radius 1 is 0.903 bits per heavy atom. The van der Waals surface area contributed by atoms with E-state index in [1.807, 2.05) is 48.5 Å². The van der Waals surface area contributed by atoms with Gasteiger partial charge in [-0.15, -0.1) is 11.3 Å². The van der Waals surface area contributed by atoms with E-state index < -0.39 is 10.0 Å². The number of sulfonamides is 1. The standard InChI is InChI=1S/C24H26N2O3S2/c27-24(25-16-15-19-7-3-1-4-8-19)21-11-9-20(10-12-21)22-13-14-23(30-22)31(28,29)26-17-5-2-6-18-26/h1,3-4,7-14H,2,5-6,15-18H2,(H,25,27). The first-order valence-electron chi connectivity index (χ1n) is 10.6. The third-order valence-corrected chi connectivity index (χ3v) is 8.96. The zero-order valence-electron chi connectivity index (χ0n) is 17.3. The van der Waals surface area contributed by atoms with Crippen LogP contribution in [0.15, 0.2) is 70.9 Å². The summed E-state index contributed by atoms with van der Waals surface area (Å²) in [5.41, 5.74) is 2.69. The van der Waals surface area contributed by atoms with Crippen LogP contribution in [-0.2, 0) is 16.4 Å². The minimum Gasteiger partial charge on any atom is -0.352 e. The van der Waals surface area contributed by atoms with Crippen LogP contribution < -0.4 is 5.32 Å². The van der Waals surface area contributed by atoms with Gasteiger partial charge in [0.05, 0.1) is 0 Å². The summed E-state index contributed by atoms with van der Waals surface area (Å²) in [5, 5.41) is 2.95. The van der Waals surface area contributed by atoms with Gasteiger partial charge in [-0.2, -0.15) is 4.31 Å². The molecule has 0 spiro atoms. The van der Waals surface area contributed by atoms with Gasteiger partial charge >= 0.3 is 0 Å². The van der Waals surface area contributed by atoms with Crippen LogP contribution >= 0.6 is 11.3 Å². The maximum atomic E-state index is 12.9. The topological polar surface area (TPSA) is 66.5 Å². The lowest BCUT2D eigenvalue weighted by Gasteiger charge is -2.25. The van der Waals surface area contributed by atoms with E-state index in [0.717, 1.165) is 36.1 Å². The summed E-state index contributed by atoms with van der Waals surface area (Å²) in [7, 11) is -3.42. The molecule has 162 valence electrons. The van der Waals surface area contributed by atoms with Gasteiger partial charge in [0.1, 0.15) is 4.21 Å². The molecular weight excluding hydrogens is 428 g/mol. The number of amides is 1. The largest absolute Gasteiger partial charge is 0.352 e. The molecule has 1 aromatic heterocycles. The quantitative estimate of drug-likeness (QED) is 0.569. The molecular formula is C24H26N2O3S2. The molecule has 0 radical (unpaired) electrons. The number of carbonyl (C=O) groups excluding carboxylic acids is 1. The number of carbonyl (C=O) groups is 1. The van der Waals surface area contributed by atoms with E-state index in [2.05, 4.69) is 5.32 Å². The average Bonchev–Trinajstić information content (AvgIpc) is 3.32. The lowest BCUT2D eigenvalue weighted by Crippen LogP contribution is -2.35. The summed E-state index contributed by atoms with van der Waals surface area (Å²) < 4.78 is 27.7.